The topological polar surface area (TPSA) is 98.2 Å². The number of carbonyl (C=O) groups is 2. The monoisotopic (exact) mass is 409 g/mol. The van der Waals surface area contributed by atoms with Crippen LogP contribution in [0.2, 0.25) is 0 Å². The zero-order chi connectivity index (χ0) is 21.3. The van der Waals surface area contributed by atoms with Crippen LogP contribution in [-0.2, 0) is 19.1 Å². The van der Waals surface area contributed by atoms with E-state index in [1.807, 2.05) is 30.3 Å². The van der Waals surface area contributed by atoms with Gasteiger partial charge in [-0.1, -0.05) is 18.2 Å². The molecule has 8 heteroatoms. The van der Waals surface area contributed by atoms with E-state index in [0.29, 0.717) is 29.1 Å². The third-order valence-corrected chi connectivity index (χ3v) is 4.25. The van der Waals surface area contributed by atoms with E-state index in [1.54, 1.807) is 38.3 Å². The Morgan fingerprint density at radius 3 is 2.47 bits per heavy atom. The molecule has 0 bridgehead atoms. The molecule has 0 atom stereocenters. The summed E-state index contributed by atoms with van der Waals surface area (Å²) in [4.78, 5) is 25.3. The minimum Gasteiger partial charge on any atom is -0.497 e. The maximum absolute atomic E-state index is 12.8. The maximum Gasteiger partial charge on any atom is 0.359 e. The van der Waals surface area contributed by atoms with Gasteiger partial charge in [0.05, 0.1) is 26.0 Å². The lowest BCUT2D eigenvalue weighted by atomic mass is 10.1. The number of nitrogens with one attached hydrogen (secondary N) is 2. The lowest BCUT2D eigenvalue weighted by Gasteiger charge is -2.10. The molecule has 30 heavy (non-hydrogen) atoms. The first kappa shape index (κ1) is 20.9. The average molecular weight is 409 g/mol. The highest BCUT2D eigenvalue weighted by Gasteiger charge is 2.31. The molecule has 8 nitrogen and oxygen atoms in total. The van der Waals surface area contributed by atoms with E-state index in [0.717, 1.165) is 0 Å². The Morgan fingerprint density at radius 2 is 1.80 bits per heavy atom. The van der Waals surface area contributed by atoms with Gasteiger partial charge < -0.3 is 19.5 Å². The van der Waals surface area contributed by atoms with Crippen LogP contribution in [0, 0.1) is 0 Å². The summed E-state index contributed by atoms with van der Waals surface area (Å²) in [7, 11) is 1.57. The molecule has 0 saturated carbocycles. The van der Waals surface area contributed by atoms with E-state index in [4.69, 9.17) is 14.2 Å². The van der Waals surface area contributed by atoms with Gasteiger partial charge in [-0.05, 0) is 43.3 Å². The van der Waals surface area contributed by atoms with Crippen molar-refractivity contribution in [2.24, 2.45) is 5.10 Å². The molecule has 0 radical (unpaired) electrons. The summed E-state index contributed by atoms with van der Waals surface area (Å²) in [6, 6.07) is 16.1. The van der Waals surface area contributed by atoms with Gasteiger partial charge in [-0.2, -0.15) is 5.10 Å². The number of carbonyl (C=O) groups excluding carboxylic acids is 2. The summed E-state index contributed by atoms with van der Waals surface area (Å²) in [6.07, 6.45) is 0.361. The van der Waals surface area contributed by atoms with Crippen LogP contribution in [-0.4, -0.2) is 37.9 Å². The van der Waals surface area contributed by atoms with Crippen LogP contribution in [0.5, 0.6) is 5.75 Å². The predicted molar refractivity (Wildman–Crippen MR) is 113 cm³/mol. The molecule has 0 aliphatic carbocycles. The predicted octanol–water partition coefficient (Wildman–Crippen LogP) is 3.34. The van der Waals surface area contributed by atoms with Gasteiger partial charge in [-0.25, -0.2) is 4.79 Å². The normalized spacial score (nSPS) is 13.5. The van der Waals surface area contributed by atoms with Crippen LogP contribution in [0.3, 0.4) is 0 Å². The van der Waals surface area contributed by atoms with Crippen molar-refractivity contribution in [1.29, 1.82) is 0 Å². The van der Waals surface area contributed by atoms with E-state index in [9.17, 15) is 9.59 Å². The molecule has 0 fully saturated rings. The van der Waals surface area contributed by atoms with Crippen molar-refractivity contribution < 1.29 is 23.8 Å². The molecule has 1 aliphatic heterocycles. The molecule has 0 saturated heterocycles. The van der Waals surface area contributed by atoms with E-state index in [1.165, 1.54) is 0 Å². The fourth-order valence-corrected chi connectivity index (χ4v) is 2.82. The summed E-state index contributed by atoms with van der Waals surface area (Å²) in [5.41, 5.74) is 4.51. The van der Waals surface area contributed by atoms with E-state index < -0.39 is 11.9 Å². The number of rotatable bonds is 8. The van der Waals surface area contributed by atoms with Crippen LogP contribution < -0.4 is 15.5 Å². The van der Waals surface area contributed by atoms with Crippen molar-refractivity contribution >= 4 is 29.0 Å². The molecule has 2 N–H and O–H groups in total. The van der Waals surface area contributed by atoms with Crippen LogP contribution in [0.1, 0.15) is 13.3 Å². The van der Waals surface area contributed by atoms with E-state index in [2.05, 4.69) is 15.8 Å². The lowest BCUT2D eigenvalue weighted by Crippen LogP contribution is -2.24. The molecule has 2 aromatic rings. The number of para-hydroxylation sites is 1. The number of nitrogens with zero attached hydrogens (tertiary/aromatic N) is 1. The molecule has 0 unspecified atom stereocenters. The Labute approximate surface area is 174 Å². The van der Waals surface area contributed by atoms with Crippen LogP contribution in [0.15, 0.2) is 71.0 Å². The van der Waals surface area contributed by atoms with Crippen LogP contribution >= 0.6 is 0 Å². The maximum atomic E-state index is 12.8. The van der Waals surface area contributed by atoms with Crippen molar-refractivity contribution in [3.8, 4) is 5.75 Å². The first-order valence-corrected chi connectivity index (χ1v) is 9.50. The Bertz CT molecular complexity index is 952. The molecule has 3 rings (SSSR count). The van der Waals surface area contributed by atoms with Crippen molar-refractivity contribution in [3.05, 3.63) is 65.9 Å². The van der Waals surface area contributed by atoms with Crippen molar-refractivity contribution in [3.63, 3.8) is 0 Å². The van der Waals surface area contributed by atoms with Gasteiger partial charge in [0, 0.05) is 17.7 Å². The van der Waals surface area contributed by atoms with Crippen LogP contribution in [0.25, 0.3) is 0 Å². The number of methoxy groups -OCH3 is 1. The first-order chi connectivity index (χ1) is 14.6. The van der Waals surface area contributed by atoms with Gasteiger partial charge in [-0.3, -0.25) is 10.2 Å². The number of ether oxygens (including phenoxy) is 3. The van der Waals surface area contributed by atoms with Gasteiger partial charge in [0.15, 0.2) is 11.5 Å². The first-order valence-electron chi connectivity index (χ1n) is 9.50. The second kappa shape index (κ2) is 10.1. The van der Waals surface area contributed by atoms with Gasteiger partial charge in [0.2, 0.25) is 0 Å². The number of hydrazone groups is 1. The number of benzene rings is 2. The molecule has 0 aromatic heterocycles. The largest absolute Gasteiger partial charge is 0.497 e. The second-order valence-corrected chi connectivity index (χ2v) is 6.25. The summed E-state index contributed by atoms with van der Waals surface area (Å²) >= 11 is 0. The number of esters is 1. The summed E-state index contributed by atoms with van der Waals surface area (Å²) in [5.74, 6) is -0.373. The number of amides is 1. The molecule has 1 aliphatic rings. The number of hydrogen-bond donors (Lipinski definition) is 2. The van der Waals surface area contributed by atoms with Gasteiger partial charge in [-0.15, -0.1) is 0 Å². The highest BCUT2D eigenvalue weighted by atomic mass is 16.5. The standard InChI is InChI=1S/C22H23N3O5/c1-3-29-22(27)19(25-24-16-7-5-4-6-8-16)18-13-14-30-20(18)21(26)23-15-9-11-17(28-2)12-10-15/h4-12,24H,3,13-14H2,1-2H3,(H,23,26). The highest BCUT2D eigenvalue weighted by molar-refractivity contribution is 6.44. The Hall–Kier alpha value is -3.81. The fourth-order valence-electron chi connectivity index (χ4n) is 2.82. The minimum atomic E-state index is -0.629. The van der Waals surface area contributed by atoms with Crippen molar-refractivity contribution in [2.45, 2.75) is 13.3 Å². The number of hydrogen-bond acceptors (Lipinski definition) is 7. The van der Waals surface area contributed by atoms with E-state index >= 15 is 0 Å². The van der Waals surface area contributed by atoms with Crippen molar-refractivity contribution in [2.75, 3.05) is 31.1 Å². The SMILES string of the molecule is CCOC(=O)C(=NNc1ccccc1)C1=C(C(=O)Nc2ccc(OC)cc2)OCC1. The molecular formula is C22H23N3O5. The van der Waals surface area contributed by atoms with E-state index in [-0.39, 0.29) is 24.7 Å². The zero-order valence-electron chi connectivity index (χ0n) is 16.8. The third kappa shape index (κ3) is 5.16. The molecule has 1 heterocycles. The molecule has 2 aromatic carbocycles. The fraction of sp³-hybridized carbons (Fsp3) is 0.227. The summed E-state index contributed by atoms with van der Waals surface area (Å²) in [6.45, 7) is 2.16. The Balaban J connectivity index is 1.86. The Morgan fingerprint density at radius 1 is 1.07 bits per heavy atom. The minimum absolute atomic E-state index is 0.0121. The second-order valence-electron chi connectivity index (χ2n) is 6.25. The third-order valence-electron chi connectivity index (χ3n) is 4.25. The van der Waals surface area contributed by atoms with Crippen molar-refractivity contribution in [1.82, 2.24) is 0 Å². The zero-order valence-corrected chi connectivity index (χ0v) is 16.8. The van der Waals surface area contributed by atoms with Crippen LogP contribution in [0.4, 0.5) is 11.4 Å². The average Bonchev–Trinajstić information content (AvgIpc) is 3.25. The van der Waals surface area contributed by atoms with Gasteiger partial charge in [0.1, 0.15) is 5.75 Å². The van der Waals surface area contributed by atoms with Gasteiger partial charge >= 0.3 is 5.97 Å². The highest BCUT2D eigenvalue weighted by Crippen LogP contribution is 2.24. The van der Waals surface area contributed by atoms with Gasteiger partial charge in [0.25, 0.3) is 5.91 Å². The lowest BCUT2D eigenvalue weighted by molar-refractivity contribution is -0.135. The molecule has 1 amide bonds. The summed E-state index contributed by atoms with van der Waals surface area (Å²) < 4.78 is 15.8. The summed E-state index contributed by atoms with van der Waals surface area (Å²) in [5, 5.41) is 6.97. The smallest absolute Gasteiger partial charge is 0.359 e. The molecule has 0 spiro atoms. The molecule has 156 valence electrons. The number of anilines is 2. The quantitative estimate of drug-likeness (QED) is 0.394. The Kier molecular flexibility index (Phi) is 7.05. The molecular weight excluding hydrogens is 386 g/mol.